The molecule has 0 saturated carbocycles. The number of anilines is 1. The van der Waals surface area contributed by atoms with E-state index in [1.54, 1.807) is 0 Å². The Bertz CT molecular complexity index is 779. The third-order valence-electron chi connectivity index (χ3n) is 2.67. The summed E-state index contributed by atoms with van der Waals surface area (Å²) in [5.74, 6) is 0.431. The second-order valence-electron chi connectivity index (χ2n) is 4.03. The fourth-order valence-electron chi connectivity index (χ4n) is 1.76. The molecule has 6 nitrogen and oxygen atoms in total. The van der Waals surface area contributed by atoms with Crippen molar-refractivity contribution < 1.29 is 0 Å². The highest BCUT2D eigenvalue weighted by Gasteiger charge is 2.04. The standard InChI is InChI=1S/C12H10IN5O/c13-8-3-1-2-7(4-8)5-14-12-16-10-9(6-15-18-10)11(19)17-12/h1-4,6H,5H2,(H3,14,15,16,17,18,19). The molecule has 3 aromatic rings. The largest absolute Gasteiger partial charge is 0.352 e. The van der Waals surface area contributed by atoms with E-state index in [2.05, 4.69) is 54.1 Å². The van der Waals surface area contributed by atoms with Gasteiger partial charge >= 0.3 is 0 Å². The Kier molecular flexibility index (Phi) is 3.20. The van der Waals surface area contributed by atoms with Crippen molar-refractivity contribution in [3.8, 4) is 0 Å². The van der Waals surface area contributed by atoms with Crippen molar-refractivity contribution in [2.75, 3.05) is 5.32 Å². The van der Waals surface area contributed by atoms with Crippen LogP contribution in [-0.2, 0) is 6.54 Å². The summed E-state index contributed by atoms with van der Waals surface area (Å²) in [6.45, 7) is 0.597. The van der Waals surface area contributed by atoms with Gasteiger partial charge in [0, 0.05) is 10.1 Å². The normalized spacial score (nSPS) is 10.8. The molecule has 0 saturated heterocycles. The SMILES string of the molecule is O=c1[nH]c(NCc2cccc(I)c2)nc2[nH]ncc12. The van der Waals surface area contributed by atoms with E-state index < -0.39 is 0 Å². The molecule has 0 radical (unpaired) electrons. The molecular weight excluding hydrogens is 357 g/mol. The molecule has 96 valence electrons. The van der Waals surface area contributed by atoms with Gasteiger partial charge < -0.3 is 5.32 Å². The molecule has 3 rings (SSSR count). The van der Waals surface area contributed by atoms with Crippen LogP contribution in [0.5, 0.6) is 0 Å². The third-order valence-corrected chi connectivity index (χ3v) is 3.34. The number of nitrogens with one attached hydrogen (secondary N) is 3. The zero-order chi connectivity index (χ0) is 13.2. The summed E-state index contributed by atoms with van der Waals surface area (Å²) < 4.78 is 1.17. The van der Waals surface area contributed by atoms with Crippen molar-refractivity contribution in [1.29, 1.82) is 0 Å². The van der Waals surface area contributed by atoms with E-state index in [-0.39, 0.29) is 5.56 Å². The molecule has 0 unspecified atom stereocenters. The first-order chi connectivity index (χ1) is 9.22. The Hall–Kier alpha value is -1.90. The van der Waals surface area contributed by atoms with Gasteiger partial charge in [0.2, 0.25) is 5.95 Å². The van der Waals surface area contributed by atoms with Crippen LogP contribution in [0.3, 0.4) is 0 Å². The Balaban J connectivity index is 1.83. The van der Waals surface area contributed by atoms with E-state index in [1.807, 2.05) is 18.2 Å². The first kappa shape index (κ1) is 12.2. The summed E-state index contributed by atoms with van der Waals surface area (Å²) in [5, 5.41) is 10.0. The average Bonchev–Trinajstić information content (AvgIpc) is 2.85. The zero-order valence-corrected chi connectivity index (χ0v) is 11.9. The molecule has 0 aliphatic carbocycles. The number of benzene rings is 1. The van der Waals surface area contributed by atoms with Gasteiger partial charge in [-0.05, 0) is 40.3 Å². The summed E-state index contributed by atoms with van der Waals surface area (Å²) in [6.07, 6.45) is 1.46. The van der Waals surface area contributed by atoms with Gasteiger partial charge in [-0.1, -0.05) is 12.1 Å². The highest BCUT2D eigenvalue weighted by molar-refractivity contribution is 14.1. The number of hydrogen-bond donors (Lipinski definition) is 3. The maximum absolute atomic E-state index is 11.7. The molecule has 2 heterocycles. The number of rotatable bonds is 3. The summed E-state index contributed by atoms with van der Waals surface area (Å²) >= 11 is 2.26. The zero-order valence-electron chi connectivity index (χ0n) is 9.77. The second-order valence-corrected chi connectivity index (χ2v) is 5.28. The van der Waals surface area contributed by atoms with Gasteiger partial charge in [-0.25, -0.2) is 0 Å². The number of H-pyrrole nitrogens is 2. The van der Waals surface area contributed by atoms with Crippen LogP contribution in [0, 0.1) is 3.57 Å². The fraction of sp³-hybridized carbons (Fsp3) is 0.0833. The van der Waals surface area contributed by atoms with Crippen LogP contribution in [0.4, 0.5) is 5.95 Å². The predicted octanol–water partition coefficient (Wildman–Crippen LogP) is 1.86. The minimum Gasteiger partial charge on any atom is -0.352 e. The van der Waals surface area contributed by atoms with Gasteiger partial charge in [0.25, 0.3) is 5.56 Å². The number of aromatic nitrogens is 4. The molecule has 0 amide bonds. The smallest absolute Gasteiger partial charge is 0.263 e. The molecule has 19 heavy (non-hydrogen) atoms. The van der Waals surface area contributed by atoms with E-state index in [9.17, 15) is 4.79 Å². The Morgan fingerprint density at radius 3 is 3.11 bits per heavy atom. The van der Waals surface area contributed by atoms with E-state index in [0.29, 0.717) is 23.5 Å². The van der Waals surface area contributed by atoms with Gasteiger partial charge in [-0.15, -0.1) is 0 Å². The molecule has 3 N–H and O–H groups in total. The van der Waals surface area contributed by atoms with Crippen LogP contribution >= 0.6 is 22.6 Å². The molecule has 0 bridgehead atoms. The van der Waals surface area contributed by atoms with Crippen molar-refractivity contribution in [1.82, 2.24) is 20.2 Å². The molecule has 0 spiro atoms. The van der Waals surface area contributed by atoms with Crippen LogP contribution in [0.2, 0.25) is 0 Å². The quantitative estimate of drug-likeness (QED) is 0.617. The number of nitrogens with zero attached hydrogens (tertiary/aromatic N) is 2. The monoisotopic (exact) mass is 367 g/mol. The lowest BCUT2D eigenvalue weighted by Crippen LogP contribution is -2.12. The minimum absolute atomic E-state index is 0.205. The Morgan fingerprint density at radius 2 is 2.26 bits per heavy atom. The van der Waals surface area contributed by atoms with Crippen molar-refractivity contribution in [2.24, 2.45) is 0 Å². The lowest BCUT2D eigenvalue weighted by Gasteiger charge is -2.05. The van der Waals surface area contributed by atoms with E-state index in [4.69, 9.17) is 0 Å². The van der Waals surface area contributed by atoms with Gasteiger partial charge in [0.1, 0.15) is 5.39 Å². The van der Waals surface area contributed by atoms with Gasteiger partial charge in [0.15, 0.2) is 5.65 Å². The van der Waals surface area contributed by atoms with E-state index >= 15 is 0 Å². The van der Waals surface area contributed by atoms with Crippen molar-refractivity contribution in [3.63, 3.8) is 0 Å². The fourth-order valence-corrected chi connectivity index (χ4v) is 2.37. The van der Waals surface area contributed by atoms with Crippen LogP contribution in [0.1, 0.15) is 5.56 Å². The van der Waals surface area contributed by atoms with Crippen LogP contribution in [0.25, 0.3) is 11.0 Å². The number of halogens is 1. The molecule has 2 aromatic heterocycles. The van der Waals surface area contributed by atoms with Gasteiger partial charge in [-0.3, -0.25) is 14.9 Å². The molecule has 0 atom stereocenters. The van der Waals surface area contributed by atoms with Gasteiger partial charge in [0.05, 0.1) is 6.20 Å². The lowest BCUT2D eigenvalue weighted by atomic mass is 10.2. The predicted molar refractivity (Wildman–Crippen MR) is 81.0 cm³/mol. The molecular formula is C12H10IN5O. The first-order valence-corrected chi connectivity index (χ1v) is 6.72. The average molecular weight is 367 g/mol. The highest BCUT2D eigenvalue weighted by Crippen LogP contribution is 2.10. The maximum Gasteiger partial charge on any atom is 0.263 e. The van der Waals surface area contributed by atoms with Crippen molar-refractivity contribution in [2.45, 2.75) is 6.54 Å². The molecule has 7 heteroatoms. The molecule has 0 aliphatic rings. The number of hydrogen-bond acceptors (Lipinski definition) is 4. The number of fused-ring (bicyclic) bond motifs is 1. The summed E-state index contributed by atoms with van der Waals surface area (Å²) in [7, 11) is 0. The molecule has 0 aliphatic heterocycles. The van der Waals surface area contributed by atoms with Crippen molar-refractivity contribution >= 4 is 39.6 Å². The van der Waals surface area contributed by atoms with Crippen LogP contribution < -0.4 is 10.9 Å². The lowest BCUT2D eigenvalue weighted by molar-refractivity contribution is 1.04. The summed E-state index contributed by atoms with van der Waals surface area (Å²) in [6, 6.07) is 8.11. The topological polar surface area (TPSA) is 86.5 Å². The summed E-state index contributed by atoms with van der Waals surface area (Å²) in [4.78, 5) is 18.7. The van der Waals surface area contributed by atoms with Crippen molar-refractivity contribution in [3.05, 3.63) is 49.9 Å². The van der Waals surface area contributed by atoms with Crippen LogP contribution in [0.15, 0.2) is 35.3 Å². The van der Waals surface area contributed by atoms with Crippen LogP contribution in [-0.4, -0.2) is 20.2 Å². The highest BCUT2D eigenvalue weighted by atomic mass is 127. The first-order valence-electron chi connectivity index (χ1n) is 5.64. The third kappa shape index (κ3) is 2.60. The molecule has 1 aromatic carbocycles. The van der Waals surface area contributed by atoms with E-state index in [0.717, 1.165) is 5.56 Å². The Labute approximate surface area is 121 Å². The Morgan fingerprint density at radius 1 is 1.37 bits per heavy atom. The summed E-state index contributed by atoms with van der Waals surface area (Å²) in [5.41, 5.74) is 1.40. The number of aromatic amines is 2. The van der Waals surface area contributed by atoms with E-state index in [1.165, 1.54) is 9.77 Å². The van der Waals surface area contributed by atoms with Gasteiger partial charge in [-0.2, -0.15) is 10.1 Å². The molecule has 0 fully saturated rings. The minimum atomic E-state index is -0.205. The second kappa shape index (κ2) is 5.00. The maximum atomic E-state index is 11.7.